The third-order valence-electron chi connectivity index (χ3n) is 11.0. The summed E-state index contributed by atoms with van der Waals surface area (Å²) in [7, 11) is 0. The molecule has 5 heterocycles. The first kappa shape index (κ1) is 37.6. The molecule has 2 saturated heterocycles. The van der Waals surface area contributed by atoms with Crippen molar-refractivity contribution in [3.05, 3.63) is 75.3 Å². The third kappa shape index (κ3) is 8.21. The van der Waals surface area contributed by atoms with E-state index in [2.05, 4.69) is 35.7 Å². The molecule has 1 atom stereocenters. The molecule has 3 amide bonds. The predicted octanol–water partition coefficient (Wildman–Crippen LogP) is 3.70. The number of ketones is 1. The van der Waals surface area contributed by atoms with Crippen LogP contribution in [-0.4, -0.2) is 93.8 Å². The number of hydrogen-bond acceptors (Lipinski definition) is 12. The van der Waals surface area contributed by atoms with Crippen molar-refractivity contribution in [1.82, 2.24) is 35.1 Å². The van der Waals surface area contributed by atoms with Crippen molar-refractivity contribution in [3.8, 4) is 5.75 Å². The van der Waals surface area contributed by atoms with E-state index in [1.165, 1.54) is 6.92 Å². The molecule has 3 fully saturated rings. The van der Waals surface area contributed by atoms with E-state index >= 15 is 0 Å². The molecule has 7 rings (SSSR count). The van der Waals surface area contributed by atoms with E-state index in [1.807, 2.05) is 31.3 Å². The van der Waals surface area contributed by atoms with Crippen LogP contribution >= 0.6 is 0 Å². The average Bonchev–Trinajstić information content (AvgIpc) is 3.70. The van der Waals surface area contributed by atoms with Crippen LogP contribution in [0.4, 0.5) is 17.5 Å². The summed E-state index contributed by atoms with van der Waals surface area (Å²) >= 11 is 0. The lowest BCUT2D eigenvalue weighted by atomic mass is 9.87. The Morgan fingerprint density at radius 3 is 2.44 bits per heavy atom. The number of nitrogens with zero attached hydrogens (tertiary/aromatic N) is 6. The Bertz CT molecular complexity index is 2170. The van der Waals surface area contributed by atoms with Crippen LogP contribution in [-0.2, 0) is 14.4 Å². The number of hydrogen-bond donors (Lipinski definition) is 3. The van der Waals surface area contributed by atoms with Gasteiger partial charge in [-0.15, -0.1) is 0 Å². The van der Waals surface area contributed by atoms with Crippen LogP contribution in [0.3, 0.4) is 0 Å². The van der Waals surface area contributed by atoms with Gasteiger partial charge in [-0.05, 0) is 74.9 Å². The Kier molecular flexibility index (Phi) is 11.2. The standard InChI is InChI=1S/C40H47N9O6/c1-24-29(30-12-14-34(51)45-38(30)53)9-6-10-32(24)55-23-35(52)41-15-16-47-17-19-48(20-18-47)28-11-13-33(42-21-28)44-40-43-22-31-25(2)36(26(3)50)39(54)49(37(31)46-40)27-7-4-5-8-27/h6,9-11,13,21-22,27,30H,4-5,7-8,12,14-20,23H2,1-3H3,(H,41,52)(H,45,51,53)(H,42,43,44,46). The quantitative estimate of drug-likeness (QED) is 0.141. The number of amides is 3. The number of carbonyl (C=O) groups excluding carboxylic acids is 4. The van der Waals surface area contributed by atoms with Gasteiger partial charge in [-0.2, -0.15) is 4.98 Å². The number of fused-ring (bicyclic) bond motifs is 1. The number of piperazine rings is 1. The fraction of sp³-hybridized carbons (Fsp3) is 0.450. The zero-order chi connectivity index (χ0) is 38.6. The normalized spacial score (nSPS) is 18.0. The summed E-state index contributed by atoms with van der Waals surface area (Å²) in [6.07, 6.45) is 8.06. The third-order valence-corrected chi connectivity index (χ3v) is 11.0. The second kappa shape index (κ2) is 16.3. The highest BCUT2D eigenvalue weighted by molar-refractivity contribution is 6.01. The lowest BCUT2D eigenvalue weighted by molar-refractivity contribution is -0.134. The van der Waals surface area contributed by atoms with Crippen molar-refractivity contribution in [2.24, 2.45) is 0 Å². The first-order valence-corrected chi connectivity index (χ1v) is 19.0. The number of pyridine rings is 2. The van der Waals surface area contributed by atoms with Gasteiger partial charge in [0.1, 0.15) is 17.2 Å². The van der Waals surface area contributed by atoms with Gasteiger partial charge in [0.15, 0.2) is 12.4 Å². The molecule has 3 N–H and O–H groups in total. The Morgan fingerprint density at radius 2 is 1.73 bits per heavy atom. The van der Waals surface area contributed by atoms with Crippen LogP contribution in [0.1, 0.15) is 84.5 Å². The van der Waals surface area contributed by atoms with Gasteiger partial charge >= 0.3 is 0 Å². The maximum atomic E-state index is 13.5. The summed E-state index contributed by atoms with van der Waals surface area (Å²) < 4.78 is 7.52. The van der Waals surface area contributed by atoms with E-state index in [-0.39, 0.29) is 47.3 Å². The van der Waals surface area contributed by atoms with Gasteiger partial charge in [-0.1, -0.05) is 25.0 Å². The molecule has 1 aliphatic carbocycles. The van der Waals surface area contributed by atoms with Crippen molar-refractivity contribution in [2.45, 2.75) is 71.3 Å². The largest absolute Gasteiger partial charge is 0.483 e. The van der Waals surface area contributed by atoms with E-state index in [0.717, 1.165) is 68.7 Å². The minimum Gasteiger partial charge on any atom is -0.483 e. The molecular weight excluding hydrogens is 702 g/mol. The molecule has 3 aromatic heterocycles. The van der Waals surface area contributed by atoms with Gasteiger partial charge in [0.25, 0.3) is 11.5 Å². The van der Waals surface area contributed by atoms with Crippen LogP contribution in [0.15, 0.2) is 47.5 Å². The number of benzene rings is 1. The number of anilines is 3. The molecule has 288 valence electrons. The van der Waals surface area contributed by atoms with Crippen molar-refractivity contribution >= 4 is 52.0 Å². The van der Waals surface area contributed by atoms with Crippen LogP contribution < -0.4 is 31.1 Å². The topological polar surface area (TPSA) is 181 Å². The van der Waals surface area contributed by atoms with Crippen molar-refractivity contribution in [1.29, 1.82) is 0 Å². The Labute approximate surface area is 318 Å². The van der Waals surface area contributed by atoms with E-state index in [0.29, 0.717) is 60.0 Å². The lowest BCUT2D eigenvalue weighted by Gasteiger charge is -2.36. The number of nitrogens with one attached hydrogen (secondary N) is 3. The number of carbonyl (C=O) groups is 4. The summed E-state index contributed by atoms with van der Waals surface area (Å²) in [5, 5.41) is 9.23. The van der Waals surface area contributed by atoms with Gasteiger partial charge in [0.05, 0.1) is 23.4 Å². The second-order valence-corrected chi connectivity index (χ2v) is 14.6. The molecular formula is C40H47N9O6. The van der Waals surface area contributed by atoms with E-state index in [4.69, 9.17) is 9.72 Å². The molecule has 1 saturated carbocycles. The zero-order valence-corrected chi connectivity index (χ0v) is 31.5. The number of imide groups is 1. The van der Waals surface area contributed by atoms with E-state index < -0.39 is 5.92 Å². The fourth-order valence-corrected chi connectivity index (χ4v) is 8.00. The summed E-state index contributed by atoms with van der Waals surface area (Å²) in [4.78, 5) is 81.0. The van der Waals surface area contributed by atoms with E-state index in [9.17, 15) is 24.0 Å². The minimum atomic E-state index is -0.417. The number of ether oxygens (including phenoxy) is 1. The SMILES string of the molecule is CC(=O)c1c(C)c2cnc(Nc3ccc(N4CCN(CCNC(=O)COc5cccc(C6CCC(=O)NC6=O)c5C)CC4)cn3)nc2n(C2CCCC2)c1=O. The molecule has 1 unspecified atom stereocenters. The molecule has 0 bridgehead atoms. The summed E-state index contributed by atoms with van der Waals surface area (Å²) in [6, 6.07) is 9.33. The maximum absolute atomic E-state index is 13.5. The van der Waals surface area contributed by atoms with Crippen LogP contribution in [0.2, 0.25) is 0 Å². The van der Waals surface area contributed by atoms with Gasteiger partial charge in [-0.25, -0.2) is 9.97 Å². The van der Waals surface area contributed by atoms with Crippen LogP contribution in [0.25, 0.3) is 11.0 Å². The molecule has 1 aromatic carbocycles. The average molecular weight is 750 g/mol. The lowest BCUT2D eigenvalue weighted by Crippen LogP contribution is -2.48. The van der Waals surface area contributed by atoms with Gasteiger partial charge in [0.2, 0.25) is 17.8 Å². The summed E-state index contributed by atoms with van der Waals surface area (Å²) in [6.45, 7) is 9.41. The highest BCUT2D eigenvalue weighted by atomic mass is 16.5. The summed E-state index contributed by atoms with van der Waals surface area (Å²) in [5.74, 6) is -0.00606. The van der Waals surface area contributed by atoms with Gasteiger partial charge < -0.3 is 20.3 Å². The number of Topliss-reactive ketones (excluding diaryl/α,β-unsaturated/α-hetero) is 1. The smallest absolute Gasteiger partial charge is 0.263 e. The highest BCUT2D eigenvalue weighted by Crippen LogP contribution is 2.33. The Hall–Kier alpha value is -5.70. The number of piperidine rings is 1. The molecule has 0 spiro atoms. The monoisotopic (exact) mass is 749 g/mol. The predicted molar refractivity (Wildman–Crippen MR) is 207 cm³/mol. The van der Waals surface area contributed by atoms with Gasteiger partial charge in [-0.3, -0.25) is 38.8 Å². The van der Waals surface area contributed by atoms with Crippen molar-refractivity contribution in [3.63, 3.8) is 0 Å². The first-order valence-electron chi connectivity index (χ1n) is 19.0. The molecule has 2 aliphatic heterocycles. The molecule has 0 radical (unpaired) electrons. The molecule has 15 nitrogen and oxygen atoms in total. The second-order valence-electron chi connectivity index (χ2n) is 14.6. The van der Waals surface area contributed by atoms with Crippen LogP contribution in [0.5, 0.6) is 5.75 Å². The molecule has 3 aliphatic rings. The minimum absolute atomic E-state index is 0.00215. The van der Waals surface area contributed by atoms with E-state index in [1.54, 1.807) is 29.8 Å². The summed E-state index contributed by atoms with van der Waals surface area (Å²) in [5.41, 5.74) is 3.64. The molecule has 55 heavy (non-hydrogen) atoms. The highest BCUT2D eigenvalue weighted by Gasteiger charge is 2.30. The zero-order valence-electron chi connectivity index (χ0n) is 31.5. The Morgan fingerprint density at radius 1 is 0.945 bits per heavy atom. The number of rotatable bonds is 12. The Balaban J connectivity index is 0.883. The number of aryl methyl sites for hydroxylation is 1. The molecule has 15 heteroatoms. The maximum Gasteiger partial charge on any atom is 0.263 e. The number of aromatic nitrogens is 4. The van der Waals surface area contributed by atoms with Crippen molar-refractivity contribution < 1.29 is 23.9 Å². The van der Waals surface area contributed by atoms with Gasteiger partial charge in [0, 0.05) is 63.3 Å². The van der Waals surface area contributed by atoms with Crippen LogP contribution in [0, 0.1) is 13.8 Å². The molecule has 4 aromatic rings. The van der Waals surface area contributed by atoms with Crippen molar-refractivity contribution in [2.75, 3.05) is 56.1 Å². The first-order chi connectivity index (χ1) is 26.6. The fourth-order valence-electron chi connectivity index (χ4n) is 8.00.